The predicted octanol–water partition coefficient (Wildman–Crippen LogP) is 4.14. The Kier molecular flexibility index (Phi) is 6.50. The minimum absolute atomic E-state index is 0.0398. The lowest BCUT2D eigenvalue weighted by atomic mass is 9.84. The zero-order chi connectivity index (χ0) is 20.8. The van der Waals surface area contributed by atoms with Crippen molar-refractivity contribution in [1.29, 1.82) is 0 Å². The molecule has 0 radical (unpaired) electrons. The molecule has 2 aromatic carbocycles. The Balaban J connectivity index is 1.48. The monoisotopic (exact) mass is 403 g/mol. The molecule has 1 amide bonds. The van der Waals surface area contributed by atoms with Crippen LogP contribution in [0.3, 0.4) is 0 Å². The second-order valence-corrected chi connectivity index (χ2v) is 7.90. The van der Waals surface area contributed by atoms with E-state index in [2.05, 4.69) is 27.3 Å². The van der Waals surface area contributed by atoms with Crippen LogP contribution in [0.2, 0.25) is 0 Å². The van der Waals surface area contributed by atoms with Gasteiger partial charge in [0.15, 0.2) is 0 Å². The summed E-state index contributed by atoms with van der Waals surface area (Å²) in [5, 5.41) is 3.06. The molecule has 1 saturated heterocycles. The van der Waals surface area contributed by atoms with E-state index in [1.165, 1.54) is 11.6 Å². The van der Waals surface area contributed by atoms with Crippen LogP contribution >= 0.6 is 0 Å². The second-order valence-electron chi connectivity index (χ2n) is 7.90. The molecule has 1 aliphatic rings. The summed E-state index contributed by atoms with van der Waals surface area (Å²) in [6, 6.07) is 21.0. The van der Waals surface area contributed by atoms with Crippen molar-refractivity contribution in [3.63, 3.8) is 0 Å². The first kappa shape index (κ1) is 20.2. The van der Waals surface area contributed by atoms with E-state index in [0.717, 1.165) is 18.5 Å². The van der Waals surface area contributed by atoms with Crippen LogP contribution in [0.1, 0.15) is 29.0 Å². The van der Waals surface area contributed by atoms with E-state index in [1.807, 2.05) is 42.5 Å². The number of halogens is 1. The highest BCUT2D eigenvalue weighted by Crippen LogP contribution is 2.31. The van der Waals surface area contributed by atoms with Gasteiger partial charge >= 0.3 is 0 Å². The van der Waals surface area contributed by atoms with Crippen molar-refractivity contribution >= 4 is 5.91 Å². The highest BCUT2D eigenvalue weighted by Gasteiger charge is 2.32. The van der Waals surface area contributed by atoms with Crippen LogP contribution in [-0.4, -0.2) is 28.9 Å². The minimum atomic E-state index is -0.197. The third-order valence-electron chi connectivity index (χ3n) is 5.71. The molecule has 0 saturated carbocycles. The minimum Gasteiger partial charge on any atom is -0.352 e. The van der Waals surface area contributed by atoms with E-state index in [4.69, 9.17) is 0 Å². The summed E-state index contributed by atoms with van der Waals surface area (Å²) < 4.78 is 14.2. The molecule has 1 fully saturated rings. The average Bonchev–Trinajstić information content (AvgIpc) is 2.80. The summed E-state index contributed by atoms with van der Waals surface area (Å²) >= 11 is 0. The Morgan fingerprint density at radius 3 is 2.60 bits per heavy atom. The molecule has 2 unspecified atom stereocenters. The number of rotatable bonds is 6. The number of hydrogen-bond donors (Lipinski definition) is 1. The number of pyridine rings is 1. The number of aromatic nitrogens is 1. The van der Waals surface area contributed by atoms with Gasteiger partial charge in [0.1, 0.15) is 5.82 Å². The third kappa shape index (κ3) is 5.10. The first-order valence-electron chi connectivity index (χ1n) is 10.4. The van der Waals surface area contributed by atoms with Crippen LogP contribution in [0.4, 0.5) is 4.39 Å². The Hall–Kier alpha value is -3.05. The lowest BCUT2D eigenvalue weighted by Crippen LogP contribution is -2.45. The first-order chi connectivity index (χ1) is 14.7. The van der Waals surface area contributed by atoms with Gasteiger partial charge in [0.25, 0.3) is 0 Å². The molecule has 3 aromatic rings. The summed E-state index contributed by atoms with van der Waals surface area (Å²) in [4.78, 5) is 19.3. The van der Waals surface area contributed by atoms with Gasteiger partial charge < -0.3 is 5.32 Å². The van der Waals surface area contributed by atoms with Gasteiger partial charge in [-0.3, -0.25) is 14.7 Å². The van der Waals surface area contributed by atoms with Crippen LogP contribution < -0.4 is 5.32 Å². The molecule has 5 heteroatoms. The molecular formula is C25H26FN3O. The summed E-state index contributed by atoms with van der Waals surface area (Å²) in [5.74, 6) is -0.0665. The fourth-order valence-corrected chi connectivity index (χ4v) is 4.18. The van der Waals surface area contributed by atoms with Crippen molar-refractivity contribution in [2.24, 2.45) is 5.92 Å². The topological polar surface area (TPSA) is 45.2 Å². The number of amides is 1. The molecule has 1 N–H and O–H groups in total. The van der Waals surface area contributed by atoms with Crippen LogP contribution in [0, 0.1) is 11.7 Å². The number of carbonyl (C=O) groups excluding carboxylic acids is 1. The van der Waals surface area contributed by atoms with Crippen molar-refractivity contribution in [3.05, 3.63) is 102 Å². The van der Waals surface area contributed by atoms with Gasteiger partial charge in [-0.25, -0.2) is 4.39 Å². The van der Waals surface area contributed by atoms with Crippen molar-refractivity contribution < 1.29 is 9.18 Å². The van der Waals surface area contributed by atoms with Crippen molar-refractivity contribution in [3.8, 4) is 0 Å². The van der Waals surface area contributed by atoms with Crippen LogP contribution in [-0.2, 0) is 17.9 Å². The van der Waals surface area contributed by atoms with E-state index in [1.54, 1.807) is 18.5 Å². The maximum atomic E-state index is 14.2. The van der Waals surface area contributed by atoms with Crippen molar-refractivity contribution in [2.45, 2.75) is 25.4 Å². The standard InChI is InChI=1S/C25H26FN3O/c26-24-11-5-4-10-21(24)16-29-17-22(20-8-2-1-3-9-20)13-23(18-29)25(30)28-15-19-7-6-12-27-14-19/h1-12,14,22-23H,13,15-18H2,(H,28,30). The molecule has 0 aliphatic carbocycles. The van der Waals surface area contributed by atoms with E-state index in [-0.39, 0.29) is 23.6 Å². The number of nitrogens with one attached hydrogen (secondary N) is 1. The van der Waals surface area contributed by atoms with Crippen LogP contribution in [0.25, 0.3) is 0 Å². The molecule has 2 atom stereocenters. The molecule has 0 spiro atoms. The van der Waals surface area contributed by atoms with Gasteiger partial charge in [-0.2, -0.15) is 0 Å². The quantitative estimate of drug-likeness (QED) is 0.673. The third-order valence-corrected chi connectivity index (χ3v) is 5.71. The molecule has 1 aliphatic heterocycles. The summed E-state index contributed by atoms with van der Waals surface area (Å²) in [6.07, 6.45) is 4.27. The highest BCUT2D eigenvalue weighted by atomic mass is 19.1. The van der Waals surface area contributed by atoms with E-state index < -0.39 is 0 Å². The van der Waals surface area contributed by atoms with Crippen molar-refractivity contribution in [2.75, 3.05) is 13.1 Å². The second kappa shape index (κ2) is 9.63. The van der Waals surface area contributed by atoms with E-state index >= 15 is 0 Å². The average molecular weight is 404 g/mol. The van der Waals surface area contributed by atoms with Crippen LogP contribution in [0.5, 0.6) is 0 Å². The van der Waals surface area contributed by atoms with Crippen LogP contribution in [0.15, 0.2) is 79.1 Å². The zero-order valence-electron chi connectivity index (χ0n) is 16.9. The lowest BCUT2D eigenvalue weighted by molar-refractivity contribution is -0.127. The molecule has 0 bridgehead atoms. The first-order valence-corrected chi connectivity index (χ1v) is 10.4. The molecule has 4 rings (SSSR count). The van der Waals surface area contributed by atoms with Gasteiger partial charge in [-0.15, -0.1) is 0 Å². The van der Waals surface area contributed by atoms with Gasteiger partial charge in [-0.1, -0.05) is 54.6 Å². The Morgan fingerprint density at radius 1 is 1.03 bits per heavy atom. The van der Waals surface area contributed by atoms with E-state index in [9.17, 15) is 9.18 Å². The Bertz CT molecular complexity index is 964. The maximum Gasteiger partial charge on any atom is 0.224 e. The molecule has 1 aromatic heterocycles. The zero-order valence-corrected chi connectivity index (χ0v) is 16.9. The molecule has 30 heavy (non-hydrogen) atoms. The van der Waals surface area contributed by atoms with Gasteiger partial charge in [0.2, 0.25) is 5.91 Å². The van der Waals surface area contributed by atoms with E-state index in [0.29, 0.717) is 25.2 Å². The largest absolute Gasteiger partial charge is 0.352 e. The van der Waals surface area contributed by atoms with Gasteiger partial charge in [0.05, 0.1) is 5.92 Å². The lowest BCUT2D eigenvalue weighted by Gasteiger charge is -2.37. The SMILES string of the molecule is O=C(NCc1cccnc1)C1CC(c2ccccc2)CN(Cc2ccccc2F)C1. The molecule has 154 valence electrons. The Labute approximate surface area is 176 Å². The predicted molar refractivity (Wildman–Crippen MR) is 115 cm³/mol. The number of piperidine rings is 1. The number of hydrogen-bond acceptors (Lipinski definition) is 3. The number of likely N-dealkylation sites (tertiary alicyclic amines) is 1. The molecule has 2 heterocycles. The highest BCUT2D eigenvalue weighted by molar-refractivity contribution is 5.79. The number of carbonyl (C=O) groups is 1. The van der Waals surface area contributed by atoms with Gasteiger partial charge in [-0.05, 0) is 35.6 Å². The number of nitrogens with zero attached hydrogens (tertiary/aromatic N) is 2. The normalized spacial score (nSPS) is 19.4. The number of benzene rings is 2. The fraction of sp³-hybridized carbons (Fsp3) is 0.280. The fourth-order valence-electron chi connectivity index (χ4n) is 4.18. The molecular weight excluding hydrogens is 377 g/mol. The van der Waals surface area contributed by atoms with Crippen molar-refractivity contribution in [1.82, 2.24) is 15.2 Å². The maximum absolute atomic E-state index is 14.2. The smallest absolute Gasteiger partial charge is 0.224 e. The Morgan fingerprint density at radius 2 is 1.83 bits per heavy atom. The van der Waals surface area contributed by atoms with Gasteiger partial charge in [0, 0.05) is 44.1 Å². The summed E-state index contributed by atoms with van der Waals surface area (Å²) in [7, 11) is 0. The molecule has 4 nitrogen and oxygen atoms in total. The summed E-state index contributed by atoms with van der Waals surface area (Å²) in [6.45, 7) is 2.40. The summed E-state index contributed by atoms with van der Waals surface area (Å²) in [5.41, 5.74) is 2.87.